The maximum Gasteiger partial charge on any atom is 0.0541 e. The van der Waals surface area contributed by atoms with Crippen LogP contribution in [0.2, 0.25) is 0 Å². The highest BCUT2D eigenvalue weighted by Gasteiger charge is 2.37. The zero-order valence-corrected chi connectivity index (χ0v) is 40.6. The lowest BCUT2D eigenvalue weighted by molar-refractivity contribution is 0.880. The highest BCUT2D eigenvalue weighted by Crippen LogP contribution is 2.54. The fourth-order valence-electron chi connectivity index (χ4n) is 11.9. The maximum absolute atomic E-state index is 2.50. The SMILES string of the molecule is CC1=CC2c3cc(C)ccc3SC2C(c2ccc3c(c2)c2cc(-c4cc(C)cc5c4sc4ccc(C)cc45)ccc2n3-c2ccc(-c3c4ccccc4c(-c4ccccc4)c4ccccc34)cc2)=C1. The van der Waals surface area contributed by atoms with E-state index < -0.39 is 0 Å². The van der Waals surface area contributed by atoms with Crippen LogP contribution in [-0.4, -0.2) is 9.82 Å². The molecule has 0 amide bonds. The van der Waals surface area contributed by atoms with Crippen LogP contribution in [0.15, 0.2) is 211 Å². The third-order valence-corrected chi connectivity index (χ3v) is 17.6. The molecule has 0 saturated carbocycles. The number of thiophene rings is 1. The van der Waals surface area contributed by atoms with Gasteiger partial charge in [-0.1, -0.05) is 150 Å². The van der Waals surface area contributed by atoms with E-state index in [2.05, 4.69) is 232 Å². The lowest BCUT2D eigenvalue weighted by Crippen LogP contribution is -2.14. The Morgan fingerprint density at radius 2 is 1.01 bits per heavy atom. The molecule has 1 aliphatic carbocycles. The van der Waals surface area contributed by atoms with E-state index >= 15 is 0 Å². The summed E-state index contributed by atoms with van der Waals surface area (Å²) in [5, 5.41) is 10.7. The number of hydrogen-bond donors (Lipinski definition) is 0. The molecule has 0 spiro atoms. The van der Waals surface area contributed by atoms with Crippen LogP contribution in [0.4, 0.5) is 0 Å². The molecule has 328 valence electrons. The minimum absolute atomic E-state index is 0.338. The van der Waals surface area contributed by atoms with Gasteiger partial charge in [0.15, 0.2) is 0 Å². The number of fused-ring (bicyclic) bond motifs is 11. The lowest BCUT2D eigenvalue weighted by atomic mass is 9.82. The molecule has 1 nitrogen and oxygen atoms in total. The summed E-state index contributed by atoms with van der Waals surface area (Å²) in [7, 11) is 0. The van der Waals surface area contributed by atoms with Crippen LogP contribution in [0.5, 0.6) is 0 Å². The Bertz CT molecular complexity index is 4140. The highest BCUT2D eigenvalue weighted by molar-refractivity contribution is 8.00. The molecular formula is C66H47NS2. The largest absolute Gasteiger partial charge is 0.309 e. The van der Waals surface area contributed by atoms with E-state index in [0.717, 1.165) is 5.69 Å². The number of aryl methyl sites for hydroxylation is 3. The minimum Gasteiger partial charge on any atom is -0.309 e. The second-order valence-corrected chi connectivity index (χ2v) is 21.7. The number of hydrogen-bond acceptors (Lipinski definition) is 2. The third-order valence-electron chi connectivity index (χ3n) is 14.9. The number of nitrogens with zero attached hydrogens (tertiary/aromatic N) is 1. The molecule has 12 aromatic rings. The lowest BCUT2D eigenvalue weighted by Gasteiger charge is -2.25. The van der Waals surface area contributed by atoms with Gasteiger partial charge in [0.1, 0.15) is 0 Å². The molecule has 0 radical (unpaired) electrons. The zero-order valence-electron chi connectivity index (χ0n) is 39.0. The molecule has 2 atom stereocenters. The van der Waals surface area contributed by atoms with Crippen LogP contribution in [0.3, 0.4) is 0 Å². The molecule has 0 bridgehead atoms. The molecule has 0 N–H and O–H groups in total. The second kappa shape index (κ2) is 15.5. The van der Waals surface area contributed by atoms with E-state index in [0.29, 0.717) is 11.2 Å². The predicted molar refractivity (Wildman–Crippen MR) is 300 cm³/mol. The quantitative estimate of drug-likeness (QED) is 0.156. The van der Waals surface area contributed by atoms with Crippen molar-refractivity contribution in [3.8, 4) is 39.1 Å². The smallest absolute Gasteiger partial charge is 0.0541 e. The van der Waals surface area contributed by atoms with Crippen molar-refractivity contribution in [2.45, 2.75) is 43.8 Å². The Kier molecular flexibility index (Phi) is 9.15. The summed E-state index contributed by atoms with van der Waals surface area (Å²) in [6.45, 7) is 8.94. The van der Waals surface area contributed by atoms with Crippen molar-refractivity contribution in [3.05, 3.63) is 234 Å². The molecule has 1 aliphatic heterocycles. The van der Waals surface area contributed by atoms with Gasteiger partial charge in [-0.25, -0.2) is 0 Å². The summed E-state index contributed by atoms with van der Waals surface area (Å²) >= 11 is 3.95. The van der Waals surface area contributed by atoms with Gasteiger partial charge in [0.2, 0.25) is 0 Å². The summed E-state index contributed by atoms with van der Waals surface area (Å²) in [6, 6.07) is 71.3. The monoisotopic (exact) mass is 917 g/mol. The van der Waals surface area contributed by atoms with Crippen molar-refractivity contribution in [2.24, 2.45) is 0 Å². The van der Waals surface area contributed by atoms with E-state index in [1.54, 1.807) is 0 Å². The second-order valence-electron chi connectivity index (χ2n) is 19.5. The molecule has 14 rings (SSSR count). The molecule has 2 unspecified atom stereocenters. The van der Waals surface area contributed by atoms with E-state index in [-0.39, 0.29) is 0 Å². The molecular weight excluding hydrogens is 871 g/mol. The maximum atomic E-state index is 2.50. The molecule has 0 fully saturated rings. The zero-order chi connectivity index (χ0) is 46.1. The van der Waals surface area contributed by atoms with Crippen LogP contribution in [0, 0.1) is 20.8 Å². The van der Waals surface area contributed by atoms with Gasteiger partial charge < -0.3 is 4.57 Å². The fourth-order valence-corrected chi connectivity index (χ4v) is 14.5. The first kappa shape index (κ1) is 40.6. The first-order valence-corrected chi connectivity index (χ1v) is 25.8. The fraction of sp³-hybridized carbons (Fsp3) is 0.0909. The predicted octanol–water partition coefficient (Wildman–Crippen LogP) is 19.0. The van der Waals surface area contributed by atoms with Crippen molar-refractivity contribution in [1.82, 2.24) is 4.57 Å². The normalized spacial score (nSPS) is 15.7. The van der Waals surface area contributed by atoms with Gasteiger partial charge in [-0.2, -0.15) is 0 Å². The number of thioether (sulfide) groups is 1. The first-order valence-electron chi connectivity index (χ1n) is 24.1. The van der Waals surface area contributed by atoms with Crippen LogP contribution >= 0.6 is 23.1 Å². The molecule has 3 heteroatoms. The summed E-state index contributed by atoms with van der Waals surface area (Å²) < 4.78 is 5.19. The van der Waals surface area contributed by atoms with E-state index in [1.807, 2.05) is 23.1 Å². The molecule has 0 saturated heterocycles. The van der Waals surface area contributed by atoms with Crippen molar-refractivity contribution >= 4 is 92.2 Å². The molecule has 3 heterocycles. The van der Waals surface area contributed by atoms with E-state index in [1.165, 1.54) is 141 Å². The Morgan fingerprint density at radius 1 is 0.435 bits per heavy atom. The van der Waals surface area contributed by atoms with Crippen LogP contribution in [-0.2, 0) is 0 Å². The Balaban J connectivity index is 0.961. The van der Waals surface area contributed by atoms with Gasteiger partial charge in [0, 0.05) is 52.7 Å². The highest BCUT2D eigenvalue weighted by atomic mass is 32.2. The first-order chi connectivity index (χ1) is 33.8. The molecule has 2 aliphatic rings. The van der Waals surface area contributed by atoms with Crippen molar-refractivity contribution in [2.75, 3.05) is 0 Å². The van der Waals surface area contributed by atoms with Gasteiger partial charge in [0.25, 0.3) is 0 Å². The Hall–Kier alpha value is -7.43. The molecule has 10 aromatic carbocycles. The van der Waals surface area contributed by atoms with Gasteiger partial charge in [-0.3, -0.25) is 0 Å². The standard InChI is InChI=1S/C66H47NS2/c1-38-18-28-61-55(30-38)57-34-40(3)32-51(65(57)68-61)44-22-26-59-53(36-44)54-37-45(52-33-41(4)35-58-56-31-39(2)19-29-62(56)69-66(52)58)23-27-60(54)67(59)46-24-20-43(21-25-46)64-49-16-10-8-14-47(49)63(42-12-6-5-7-13-42)48-15-9-11-17-50(48)64/h5-37,57,65H,1-4H3. The van der Waals surface area contributed by atoms with Crippen LogP contribution < -0.4 is 0 Å². The minimum atomic E-state index is 0.338. The topological polar surface area (TPSA) is 4.93 Å². The van der Waals surface area contributed by atoms with Gasteiger partial charge in [0.05, 0.1) is 11.0 Å². The average molecular weight is 918 g/mol. The van der Waals surface area contributed by atoms with Crippen LogP contribution in [0.25, 0.3) is 108 Å². The average Bonchev–Trinajstić information content (AvgIpc) is 4.04. The van der Waals surface area contributed by atoms with Gasteiger partial charge in [-0.05, 0) is 172 Å². The van der Waals surface area contributed by atoms with Gasteiger partial charge in [-0.15, -0.1) is 23.1 Å². The third kappa shape index (κ3) is 6.37. The number of benzene rings is 10. The molecule has 2 aromatic heterocycles. The molecule has 69 heavy (non-hydrogen) atoms. The summed E-state index contributed by atoms with van der Waals surface area (Å²) in [5.74, 6) is 0.365. The number of rotatable bonds is 5. The van der Waals surface area contributed by atoms with Crippen molar-refractivity contribution < 1.29 is 0 Å². The van der Waals surface area contributed by atoms with Crippen molar-refractivity contribution in [3.63, 3.8) is 0 Å². The Labute approximate surface area is 410 Å². The van der Waals surface area contributed by atoms with E-state index in [9.17, 15) is 0 Å². The van der Waals surface area contributed by atoms with Crippen LogP contribution in [0.1, 0.15) is 40.7 Å². The van der Waals surface area contributed by atoms with Gasteiger partial charge >= 0.3 is 0 Å². The van der Waals surface area contributed by atoms with E-state index in [4.69, 9.17) is 0 Å². The van der Waals surface area contributed by atoms with Crippen molar-refractivity contribution in [1.29, 1.82) is 0 Å². The Morgan fingerprint density at radius 3 is 1.71 bits per heavy atom. The summed E-state index contributed by atoms with van der Waals surface area (Å²) in [5.41, 5.74) is 20.6. The number of aromatic nitrogens is 1. The summed E-state index contributed by atoms with van der Waals surface area (Å²) in [4.78, 5) is 1.41. The number of allylic oxidation sites excluding steroid dienone is 3. The summed E-state index contributed by atoms with van der Waals surface area (Å²) in [6.07, 6.45) is 4.94.